The summed E-state index contributed by atoms with van der Waals surface area (Å²) in [5.41, 5.74) is 5.18. The summed E-state index contributed by atoms with van der Waals surface area (Å²) < 4.78 is 0. The van der Waals surface area contributed by atoms with Gasteiger partial charge in [0.2, 0.25) is 11.8 Å². The molecule has 25 heavy (non-hydrogen) atoms. The van der Waals surface area contributed by atoms with Gasteiger partial charge in [-0.05, 0) is 31.6 Å². The molecule has 0 bridgehead atoms. The number of aliphatic imine (C=N–C) groups is 1. The van der Waals surface area contributed by atoms with E-state index in [0.29, 0.717) is 38.3 Å². The molecule has 1 unspecified atom stereocenters. The molecular weight excluding hydrogens is 318 g/mol. The largest absolute Gasteiger partial charge is 0.370 e. The van der Waals surface area contributed by atoms with Gasteiger partial charge in [-0.15, -0.1) is 0 Å². The van der Waals surface area contributed by atoms with Crippen molar-refractivity contribution < 1.29 is 9.59 Å². The molecule has 0 aliphatic rings. The maximum Gasteiger partial charge on any atom is 0.245 e. The Hall–Kier alpha value is -1.92. The molecule has 144 valence electrons. The van der Waals surface area contributed by atoms with E-state index in [4.69, 9.17) is 11.1 Å². The summed E-state index contributed by atoms with van der Waals surface area (Å²) in [6.45, 7) is 7.47. The Morgan fingerprint density at radius 3 is 2.36 bits per heavy atom. The summed E-state index contributed by atoms with van der Waals surface area (Å²) in [6, 6.07) is 0. The first-order valence-electron chi connectivity index (χ1n) is 9.29. The average molecular weight is 354 g/mol. The fourth-order valence-electron chi connectivity index (χ4n) is 2.32. The minimum absolute atomic E-state index is 0.0491. The maximum atomic E-state index is 12.3. The molecule has 0 spiro atoms. The van der Waals surface area contributed by atoms with Gasteiger partial charge in [0, 0.05) is 25.7 Å². The first-order valence-corrected chi connectivity index (χ1v) is 9.29. The van der Waals surface area contributed by atoms with Gasteiger partial charge in [0.1, 0.15) is 0 Å². The molecule has 5 N–H and O–H groups in total. The van der Waals surface area contributed by atoms with Crippen LogP contribution in [0, 0.1) is 17.2 Å². The molecule has 0 fully saturated rings. The second-order valence-corrected chi connectivity index (χ2v) is 6.70. The van der Waals surface area contributed by atoms with Gasteiger partial charge in [-0.2, -0.15) is 0 Å². The number of carbonyl (C=O) groups is 2. The quantitative estimate of drug-likeness (QED) is 0.230. The van der Waals surface area contributed by atoms with Crippen LogP contribution in [0.3, 0.4) is 0 Å². The third-order valence-electron chi connectivity index (χ3n) is 3.67. The van der Waals surface area contributed by atoms with Crippen LogP contribution in [0.5, 0.6) is 0 Å². The lowest BCUT2D eigenvalue weighted by molar-refractivity contribution is -0.123. The van der Waals surface area contributed by atoms with Crippen LogP contribution in [0.4, 0.5) is 0 Å². The highest BCUT2D eigenvalue weighted by molar-refractivity contribution is 5.97. The molecule has 0 heterocycles. The van der Waals surface area contributed by atoms with E-state index >= 15 is 0 Å². The topological polar surface area (TPSA) is 120 Å². The molecule has 0 aromatic carbocycles. The lowest BCUT2D eigenvalue weighted by Gasteiger charge is -2.14. The zero-order valence-corrected chi connectivity index (χ0v) is 15.9. The number of amides is 2. The molecule has 0 radical (unpaired) electrons. The molecule has 0 aliphatic carbocycles. The van der Waals surface area contributed by atoms with Crippen LogP contribution in [-0.4, -0.2) is 37.1 Å². The third-order valence-corrected chi connectivity index (χ3v) is 3.67. The highest BCUT2D eigenvalue weighted by atomic mass is 16.2. The van der Waals surface area contributed by atoms with Gasteiger partial charge in [0.15, 0.2) is 5.96 Å². The molecule has 0 saturated heterocycles. The second kappa shape index (κ2) is 14.4. The Morgan fingerprint density at radius 2 is 1.76 bits per heavy atom. The Labute approximate surface area is 151 Å². The van der Waals surface area contributed by atoms with Crippen molar-refractivity contribution in [3.63, 3.8) is 0 Å². The second-order valence-electron chi connectivity index (χ2n) is 6.70. The van der Waals surface area contributed by atoms with Crippen LogP contribution < -0.4 is 16.4 Å². The van der Waals surface area contributed by atoms with Crippen molar-refractivity contribution >= 4 is 24.0 Å². The Kier molecular flexibility index (Phi) is 13.3. The van der Waals surface area contributed by atoms with Crippen molar-refractivity contribution in [1.29, 1.82) is 5.41 Å². The number of nitrogens with zero attached hydrogens (tertiary/aromatic N) is 1. The van der Waals surface area contributed by atoms with Gasteiger partial charge >= 0.3 is 0 Å². The molecule has 7 heteroatoms. The normalized spacial score (nSPS) is 12.3. The Morgan fingerprint density at radius 1 is 1.12 bits per heavy atom. The van der Waals surface area contributed by atoms with Crippen molar-refractivity contribution in [2.24, 2.45) is 22.6 Å². The highest BCUT2D eigenvalue weighted by Crippen LogP contribution is 2.11. The molecular formula is C18H35N5O2. The van der Waals surface area contributed by atoms with E-state index in [1.54, 1.807) is 0 Å². The van der Waals surface area contributed by atoms with E-state index in [0.717, 1.165) is 25.7 Å². The van der Waals surface area contributed by atoms with Gasteiger partial charge in [-0.1, -0.05) is 33.6 Å². The van der Waals surface area contributed by atoms with Crippen molar-refractivity contribution in [2.75, 3.05) is 13.1 Å². The number of nitrogens with two attached hydrogens (primary N) is 1. The van der Waals surface area contributed by atoms with Gasteiger partial charge in [-0.25, -0.2) is 4.99 Å². The fourth-order valence-corrected chi connectivity index (χ4v) is 2.32. The molecule has 0 aromatic rings. The smallest absolute Gasteiger partial charge is 0.245 e. The molecule has 0 aliphatic heterocycles. The van der Waals surface area contributed by atoms with Crippen LogP contribution >= 0.6 is 0 Å². The molecule has 0 rings (SSSR count). The molecule has 0 aromatic heterocycles. The standard InChI is InChI=1S/C18H35N5O2/c1-4-5-7-10-21-17(25)15(12-14(2)3)13-23-16(24)9-6-8-11-22-18(19)20/h13-15H,4-12H2,1-3H3,(H,21,25)(H4,19,20,22)/b23-13-. The van der Waals surface area contributed by atoms with Crippen LogP contribution in [0.15, 0.2) is 4.99 Å². The van der Waals surface area contributed by atoms with Gasteiger partial charge in [0.25, 0.3) is 0 Å². The van der Waals surface area contributed by atoms with Crippen molar-refractivity contribution in [3.8, 4) is 0 Å². The van der Waals surface area contributed by atoms with E-state index < -0.39 is 0 Å². The number of carbonyl (C=O) groups excluding carboxylic acids is 2. The first-order chi connectivity index (χ1) is 11.9. The van der Waals surface area contributed by atoms with Crippen LogP contribution in [0.2, 0.25) is 0 Å². The predicted molar refractivity (Wildman–Crippen MR) is 103 cm³/mol. The van der Waals surface area contributed by atoms with Crippen molar-refractivity contribution in [1.82, 2.24) is 10.6 Å². The van der Waals surface area contributed by atoms with Crippen molar-refractivity contribution in [2.45, 2.75) is 65.7 Å². The van der Waals surface area contributed by atoms with E-state index in [1.807, 2.05) is 0 Å². The zero-order valence-electron chi connectivity index (χ0n) is 15.9. The maximum absolute atomic E-state index is 12.3. The molecule has 7 nitrogen and oxygen atoms in total. The van der Waals surface area contributed by atoms with Crippen LogP contribution in [-0.2, 0) is 9.59 Å². The summed E-state index contributed by atoms with van der Waals surface area (Å²) in [6.07, 6.45) is 7.12. The third kappa shape index (κ3) is 14.2. The highest BCUT2D eigenvalue weighted by Gasteiger charge is 2.17. The number of hydrogen-bond acceptors (Lipinski definition) is 3. The number of rotatable bonds is 13. The SMILES string of the molecule is CCCCCNC(=O)C(/C=N\C(=O)CCCCNC(=N)N)CC(C)C. The van der Waals surface area contributed by atoms with Crippen LogP contribution in [0.1, 0.15) is 65.7 Å². The summed E-state index contributed by atoms with van der Waals surface area (Å²) in [5.74, 6) is -0.330. The summed E-state index contributed by atoms with van der Waals surface area (Å²) in [5, 5.41) is 12.7. The first kappa shape index (κ1) is 23.1. The van der Waals surface area contributed by atoms with E-state index in [9.17, 15) is 9.59 Å². The van der Waals surface area contributed by atoms with Gasteiger partial charge in [0.05, 0.1) is 5.92 Å². The number of hydrogen-bond donors (Lipinski definition) is 4. The lowest BCUT2D eigenvalue weighted by Crippen LogP contribution is -2.33. The number of guanidine groups is 1. The average Bonchev–Trinajstić information content (AvgIpc) is 2.54. The summed E-state index contributed by atoms with van der Waals surface area (Å²) in [4.78, 5) is 28.1. The van der Waals surface area contributed by atoms with Crippen LogP contribution in [0.25, 0.3) is 0 Å². The van der Waals surface area contributed by atoms with E-state index in [2.05, 4.69) is 36.4 Å². The Balaban J connectivity index is 4.29. The molecule has 0 saturated carbocycles. The molecule has 1 atom stereocenters. The van der Waals surface area contributed by atoms with Gasteiger partial charge < -0.3 is 16.4 Å². The fraction of sp³-hybridized carbons (Fsp3) is 0.778. The van der Waals surface area contributed by atoms with E-state index in [-0.39, 0.29) is 23.7 Å². The number of unbranched alkanes of at least 4 members (excludes halogenated alkanes) is 3. The lowest BCUT2D eigenvalue weighted by atomic mass is 9.97. The number of nitrogens with one attached hydrogen (secondary N) is 3. The van der Waals surface area contributed by atoms with Gasteiger partial charge in [-0.3, -0.25) is 15.0 Å². The van der Waals surface area contributed by atoms with Crippen molar-refractivity contribution in [3.05, 3.63) is 0 Å². The molecule has 2 amide bonds. The minimum atomic E-state index is -0.357. The predicted octanol–water partition coefficient (Wildman–Crippen LogP) is 2.21. The zero-order chi connectivity index (χ0) is 19.1. The summed E-state index contributed by atoms with van der Waals surface area (Å²) >= 11 is 0. The monoisotopic (exact) mass is 353 g/mol. The summed E-state index contributed by atoms with van der Waals surface area (Å²) in [7, 11) is 0. The Bertz CT molecular complexity index is 435. The minimum Gasteiger partial charge on any atom is -0.370 e. The van der Waals surface area contributed by atoms with E-state index in [1.165, 1.54) is 6.21 Å².